The van der Waals surface area contributed by atoms with E-state index < -0.39 is 6.17 Å². The summed E-state index contributed by atoms with van der Waals surface area (Å²) in [5, 5.41) is 0. The monoisotopic (exact) mass is 498 g/mol. The first-order chi connectivity index (χ1) is 17.6. The molecule has 2 unspecified atom stereocenters. The Kier molecular flexibility index (Phi) is 16.1. The van der Waals surface area contributed by atoms with Crippen LogP contribution in [0.15, 0.2) is 36.7 Å². The van der Waals surface area contributed by atoms with Crippen molar-refractivity contribution in [3.8, 4) is 17.1 Å². The molecule has 202 valence electrons. The fourth-order valence-corrected chi connectivity index (χ4v) is 4.61. The van der Waals surface area contributed by atoms with Crippen LogP contribution in [-0.4, -0.2) is 22.7 Å². The lowest BCUT2D eigenvalue weighted by atomic mass is 9.98. The third-order valence-electron chi connectivity index (χ3n) is 7.11. The Balaban J connectivity index is 1.62. The van der Waals surface area contributed by atoms with E-state index in [1.807, 2.05) is 0 Å². The number of unbranched alkanes of at least 4 members (excludes halogenated alkanes) is 10. The molecule has 0 saturated heterocycles. The summed E-state index contributed by atoms with van der Waals surface area (Å²) in [7, 11) is 0. The highest BCUT2D eigenvalue weighted by Crippen LogP contribution is 2.20. The lowest BCUT2D eigenvalue weighted by Crippen LogP contribution is -2.14. The van der Waals surface area contributed by atoms with Crippen LogP contribution in [0.5, 0.6) is 5.75 Å². The molecule has 0 bridgehead atoms. The summed E-state index contributed by atoms with van der Waals surface area (Å²) in [5.74, 6) is 1.78. The molecule has 2 rings (SSSR count). The molecule has 3 nitrogen and oxygen atoms in total. The Morgan fingerprint density at radius 1 is 0.722 bits per heavy atom. The average molecular weight is 499 g/mol. The zero-order valence-corrected chi connectivity index (χ0v) is 23.3. The van der Waals surface area contributed by atoms with Crippen LogP contribution in [0.25, 0.3) is 11.4 Å². The van der Waals surface area contributed by atoms with E-state index in [1.165, 1.54) is 89.0 Å². The number of hydrogen-bond acceptors (Lipinski definition) is 3. The van der Waals surface area contributed by atoms with Gasteiger partial charge in [-0.3, -0.25) is 0 Å². The second kappa shape index (κ2) is 19.2. The molecule has 1 heterocycles. The Morgan fingerprint density at radius 3 is 1.92 bits per heavy atom. The molecule has 2 atom stereocenters. The molecule has 0 aliphatic heterocycles. The summed E-state index contributed by atoms with van der Waals surface area (Å²) >= 11 is 0. The first-order valence-electron chi connectivity index (χ1n) is 14.8. The quantitative estimate of drug-likeness (QED) is 0.161. The topological polar surface area (TPSA) is 35.0 Å². The Bertz CT molecular complexity index is 778. The van der Waals surface area contributed by atoms with Gasteiger partial charge >= 0.3 is 0 Å². The predicted octanol–water partition coefficient (Wildman–Crippen LogP) is 9.93. The minimum absolute atomic E-state index is 0.0663. The zero-order chi connectivity index (χ0) is 25.8. The molecule has 0 aliphatic carbocycles. The summed E-state index contributed by atoms with van der Waals surface area (Å²) in [6.45, 7) is 6.74. The van der Waals surface area contributed by atoms with Crippen LogP contribution in [0.3, 0.4) is 0 Å². The van der Waals surface area contributed by atoms with Gasteiger partial charge in [-0.15, -0.1) is 0 Å². The van der Waals surface area contributed by atoms with E-state index in [2.05, 4.69) is 55.0 Å². The highest BCUT2D eigenvalue weighted by Gasteiger charge is 2.11. The fourth-order valence-electron chi connectivity index (χ4n) is 4.61. The molecule has 0 spiro atoms. The summed E-state index contributed by atoms with van der Waals surface area (Å²) < 4.78 is 19.8. The molecule has 0 aliphatic rings. The largest absolute Gasteiger partial charge is 0.487 e. The number of halogens is 1. The van der Waals surface area contributed by atoms with Crippen molar-refractivity contribution in [2.75, 3.05) is 6.61 Å². The van der Waals surface area contributed by atoms with Crippen LogP contribution < -0.4 is 4.74 Å². The molecule has 1 aromatic heterocycles. The van der Waals surface area contributed by atoms with Crippen molar-refractivity contribution in [2.24, 2.45) is 5.92 Å². The third kappa shape index (κ3) is 13.4. The molecule has 4 heteroatoms. The van der Waals surface area contributed by atoms with Gasteiger partial charge in [0.2, 0.25) is 0 Å². The second-order valence-electron chi connectivity index (χ2n) is 10.6. The van der Waals surface area contributed by atoms with Gasteiger partial charge in [0.15, 0.2) is 11.6 Å². The SMILES string of the molecule is CCCCCCCCCCCCc1ccc(-c2ncc(OCC(F)CCC(C)CCCC)cn2)cc1. The number of ether oxygens (including phenoxy) is 1. The number of benzene rings is 1. The summed E-state index contributed by atoms with van der Waals surface area (Å²) in [5.41, 5.74) is 2.37. The number of aromatic nitrogens is 2. The Morgan fingerprint density at radius 2 is 1.31 bits per heavy atom. The smallest absolute Gasteiger partial charge is 0.159 e. The highest BCUT2D eigenvalue weighted by atomic mass is 19.1. The second-order valence-corrected chi connectivity index (χ2v) is 10.6. The van der Waals surface area contributed by atoms with Gasteiger partial charge in [-0.25, -0.2) is 14.4 Å². The van der Waals surface area contributed by atoms with Crippen molar-refractivity contribution in [2.45, 2.75) is 130 Å². The van der Waals surface area contributed by atoms with Crippen molar-refractivity contribution in [3.63, 3.8) is 0 Å². The number of aryl methyl sites for hydroxylation is 1. The van der Waals surface area contributed by atoms with Crippen LogP contribution >= 0.6 is 0 Å². The van der Waals surface area contributed by atoms with Gasteiger partial charge in [-0.1, -0.05) is 122 Å². The van der Waals surface area contributed by atoms with Gasteiger partial charge in [-0.2, -0.15) is 0 Å². The minimum Gasteiger partial charge on any atom is -0.487 e. The molecule has 0 fully saturated rings. The van der Waals surface area contributed by atoms with E-state index >= 15 is 0 Å². The molecule has 0 N–H and O–H groups in total. The zero-order valence-electron chi connectivity index (χ0n) is 23.3. The van der Waals surface area contributed by atoms with E-state index in [0.717, 1.165) is 18.4 Å². The minimum atomic E-state index is -0.947. The molecule has 0 amide bonds. The lowest BCUT2D eigenvalue weighted by Gasteiger charge is -2.14. The van der Waals surface area contributed by atoms with Crippen LogP contribution in [0.4, 0.5) is 4.39 Å². The van der Waals surface area contributed by atoms with Gasteiger partial charge in [0.1, 0.15) is 12.8 Å². The average Bonchev–Trinajstić information content (AvgIpc) is 2.91. The van der Waals surface area contributed by atoms with E-state index in [9.17, 15) is 4.39 Å². The normalized spacial score (nSPS) is 13.0. The van der Waals surface area contributed by atoms with Gasteiger partial charge < -0.3 is 4.74 Å². The van der Waals surface area contributed by atoms with Crippen LogP contribution in [0.2, 0.25) is 0 Å². The van der Waals surface area contributed by atoms with Gasteiger partial charge in [0.25, 0.3) is 0 Å². The maximum absolute atomic E-state index is 14.2. The molecular formula is C32H51FN2O. The summed E-state index contributed by atoms with van der Waals surface area (Å²) in [4.78, 5) is 8.87. The molecule has 36 heavy (non-hydrogen) atoms. The standard InChI is InChI=1S/C32H51FN2O/c1-4-6-8-9-10-11-12-13-14-15-17-28-19-21-29(22-20-28)32-34-24-31(25-35-32)36-26-30(33)23-18-27(3)16-7-5-2/h19-22,24-25,27,30H,4-18,23,26H2,1-3H3. The van der Waals surface area contributed by atoms with Crippen molar-refractivity contribution < 1.29 is 9.13 Å². The number of rotatable bonds is 21. The first-order valence-corrected chi connectivity index (χ1v) is 14.8. The molecular weight excluding hydrogens is 447 g/mol. The van der Waals surface area contributed by atoms with E-state index in [1.54, 1.807) is 12.4 Å². The van der Waals surface area contributed by atoms with Crippen LogP contribution in [-0.2, 0) is 6.42 Å². The fraction of sp³-hybridized carbons (Fsp3) is 0.688. The molecule has 1 aromatic carbocycles. The van der Waals surface area contributed by atoms with Crippen molar-refractivity contribution in [1.29, 1.82) is 0 Å². The van der Waals surface area contributed by atoms with Gasteiger partial charge in [0.05, 0.1) is 12.4 Å². The number of nitrogens with zero attached hydrogens (tertiary/aromatic N) is 2. The van der Waals surface area contributed by atoms with E-state index in [-0.39, 0.29) is 6.61 Å². The Hall–Kier alpha value is -1.97. The summed E-state index contributed by atoms with van der Waals surface area (Å²) in [6, 6.07) is 8.57. The molecule has 2 aromatic rings. The van der Waals surface area contributed by atoms with Crippen molar-refractivity contribution >= 4 is 0 Å². The first kappa shape index (κ1) is 30.3. The van der Waals surface area contributed by atoms with Crippen molar-refractivity contribution in [3.05, 3.63) is 42.2 Å². The van der Waals surface area contributed by atoms with E-state index in [0.29, 0.717) is 23.9 Å². The van der Waals surface area contributed by atoms with E-state index in [4.69, 9.17) is 4.74 Å². The van der Waals surface area contributed by atoms with Crippen molar-refractivity contribution in [1.82, 2.24) is 9.97 Å². The maximum atomic E-state index is 14.2. The molecule has 0 saturated carbocycles. The van der Waals surface area contributed by atoms with Gasteiger partial charge in [-0.05, 0) is 37.2 Å². The Labute approximate surface area is 220 Å². The number of hydrogen-bond donors (Lipinski definition) is 0. The maximum Gasteiger partial charge on any atom is 0.159 e. The van der Waals surface area contributed by atoms with Gasteiger partial charge in [0, 0.05) is 5.56 Å². The third-order valence-corrected chi connectivity index (χ3v) is 7.11. The number of alkyl halides is 1. The lowest BCUT2D eigenvalue weighted by molar-refractivity contribution is 0.177. The highest BCUT2D eigenvalue weighted by molar-refractivity contribution is 5.55. The molecule has 0 radical (unpaired) electrons. The van der Waals surface area contributed by atoms with Crippen LogP contribution in [0, 0.1) is 5.92 Å². The van der Waals surface area contributed by atoms with Crippen LogP contribution in [0.1, 0.15) is 123 Å². The summed E-state index contributed by atoms with van der Waals surface area (Å²) in [6.07, 6.45) is 22.2. The predicted molar refractivity (Wildman–Crippen MR) is 151 cm³/mol.